The summed E-state index contributed by atoms with van der Waals surface area (Å²) in [4.78, 5) is 0. The van der Waals surface area contributed by atoms with E-state index in [0.717, 1.165) is 23.7 Å². The van der Waals surface area contributed by atoms with E-state index >= 15 is 0 Å². The molecule has 3 aliphatic rings. The van der Waals surface area contributed by atoms with Gasteiger partial charge in [-0.15, -0.1) is 6.58 Å². The Labute approximate surface area is 195 Å². The third-order valence-corrected chi connectivity index (χ3v) is 9.36. The smallest absolute Gasteiger partial charge is 0.00879 e. The second kappa shape index (κ2) is 13.1. The average molecular weight is 425 g/mol. The first-order valence-corrected chi connectivity index (χ1v) is 14.2. The summed E-state index contributed by atoms with van der Waals surface area (Å²) in [6.45, 7) is 11.1. The first kappa shape index (κ1) is 24.9. The highest BCUT2D eigenvalue weighted by molar-refractivity contribution is 5.19. The molecule has 31 heavy (non-hydrogen) atoms. The molecule has 3 aliphatic carbocycles. The van der Waals surface area contributed by atoms with Crippen LogP contribution in [0.5, 0.6) is 0 Å². The van der Waals surface area contributed by atoms with E-state index in [1.807, 2.05) is 0 Å². The van der Waals surface area contributed by atoms with Crippen LogP contribution in [0.25, 0.3) is 0 Å². The molecule has 0 spiro atoms. The summed E-state index contributed by atoms with van der Waals surface area (Å²) in [6.07, 6.45) is 34.0. The van der Waals surface area contributed by atoms with Crippen LogP contribution in [0.1, 0.15) is 129 Å². The van der Waals surface area contributed by atoms with Crippen LogP contribution in [-0.2, 0) is 0 Å². The lowest BCUT2D eigenvalue weighted by Crippen LogP contribution is -2.33. The quantitative estimate of drug-likeness (QED) is 0.289. The Kier molecular flexibility index (Phi) is 10.5. The van der Waals surface area contributed by atoms with E-state index in [1.165, 1.54) is 122 Å². The SMILES string of the molecule is C=CCCC1CCC(CC/C=C/C2CCCCC2C(=C)C2(CCC)CCCCC2)CC1. The maximum Gasteiger partial charge on any atom is -0.00879 e. The summed E-state index contributed by atoms with van der Waals surface area (Å²) >= 11 is 0. The highest BCUT2D eigenvalue weighted by Gasteiger charge is 2.39. The van der Waals surface area contributed by atoms with Gasteiger partial charge in [-0.3, -0.25) is 0 Å². The third-order valence-electron chi connectivity index (χ3n) is 9.36. The molecule has 2 atom stereocenters. The normalized spacial score (nSPS) is 31.5. The molecule has 0 aromatic carbocycles. The zero-order valence-corrected chi connectivity index (χ0v) is 20.9. The molecule has 0 aliphatic heterocycles. The zero-order valence-electron chi connectivity index (χ0n) is 20.9. The van der Waals surface area contributed by atoms with Gasteiger partial charge >= 0.3 is 0 Å². The highest BCUT2D eigenvalue weighted by Crippen LogP contribution is 2.51. The molecule has 2 unspecified atom stereocenters. The van der Waals surface area contributed by atoms with E-state index in [1.54, 1.807) is 5.57 Å². The van der Waals surface area contributed by atoms with Gasteiger partial charge in [-0.05, 0) is 86.9 Å². The predicted octanol–water partition coefficient (Wildman–Crippen LogP) is 10.2. The summed E-state index contributed by atoms with van der Waals surface area (Å²) in [5, 5.41) is 0. The largest absolute Gasteiger partial charge is 0.103 e. The maximum absolute atomic E-state index is 4.83. The number of hydrogen-bond acceptors (Lipinski definition) is 0. The fraction of sp³-hybridized carbons (Fsp3) is 0.806. The Morgan fingerprint density at radius 2 is 1.48 bits per heavy atom. The summed E-state index contributed by atoms with van der Waals surface area (Å²) in [5.74, 6) is 3.49. The van der Waals surface area contributed by atoms with E-state index in [4.69, 9.17) is 6.58 Å². The van der Waals surface area contributed by atoms with Gasteiger partial charge in [0.25, 0.3) is 0 Å². The maximum atomic E-state index is 4.83. The van der Waals surface area contributed by atoms with Crippen molar-refractivity contribution < 1.29 is 0 Å². The Morgan fingerprint density at radius 3 is 2.13 bits per heavy atom. The standard InChI is InChI=1S/C31H52/c1-4-6-14-27-19-21-28(22-20-27)15-8-9-16-29-17-10-11-18-30(29)26(3)31(23-5-2)24-12-7-13-25-31/h4,9,16,27-30H,1,3,5-8,10-15,17-25H2,2H3/b16-9+. The molecule has 0 radical (unpaired) electrons. The van der Waals surface area contributed by atoms with Gasteiger partial charge in [0.15, 0.2) is 0 Å². The molecule has 0 aromatic rings. The fourth-order valence-electron chi connectivity index (χ4n) is 7.42. The van der Waals surface area contributed by atoms with Crippen LogP contribution < -0.4 is 0 Å². The van der Waals surface area contributed by atoms with Crippen LogP contribution in [-0.4, -0.2) is 0 Å². The monoisotopic (exact) mass is 424 g/mol. The van der Waals surface area contributed by atoms with Crippen LogP contribution in [0.15, 0.2) is 37.0 Å². The van der Waals surface area contributed by atoms with Crippen LogP contribution in [0.3, 0.4) is 0 Å². The minimum Gasteiger partial charge on any atom is -0.103 e. The van der Waals surface area contributed by atoms with E-state index in [0.29, 0.717) is 5.41 Å². The molecule has 0 amide bonds. The van der Waals surface area contributed by atoms with Crippen molar-refractivity contribution in [2.24, 2.45) is 29.1 Å². The van der Waals surface area contributed by atoms with Crippen molar-refractivity contribution in [1.82, 2.24) is 0 Å². The molecule has 0 aromatic heterocycles. The molecule has 0 heteroatoms. The molecule has 176 valence electrons. The van der Waals surface area contributed by atoms with Gasteiger partial charge in [-0.1, -0.05) is 102 Å². The van der Waals surface area contributed by atoms with Gasteiger partial charge in [-0.2, -0.15) is 0 Å². The fourth-order valence-corrected chi connectivity index (χ4v) is 7.42. The Morgan fingerprint density at radius 1 is 0.839 bits per heavy atom. The van der Waals surface area contributed by atoms with Gasteiger partial charge in [-0.25, -0.2) is 0 Å². The van der Waals surface area contributed by atoms with Crippen molar-refractivity contribution in [3.63, 3.8) is 0 Å². The molecule has 0 bridgehead atoms. The zero-order chi connectivity index (χ0) is 21.9. The first-order valence-electron chi connectivity index (χ1n) is 14.2. The molecular formula is C31H52. The Bertz CT molecular complexity index is 547. The Balaban J connectivity index is 1.48. The predicted molar refractivity (Wildman–Crippen MR) is 138 cm³/mol. The van der Waals surface area contributed by atoms with Gasteiger partial charge in [0.05, 0.1) is 0 Å². The van der Waals surface area contributed by atoms with Crippen molar-refractivity contribution in [3.8, 4) is 0 Å². The van der Waals surface area contributed by atoms with Gasteiger partial charge in [0.1, 0.15) is 0 Å². The van der Waals surface area contributed by atoms with E-state index in [2.05, 4.69) is 31.7 Å². The molecule has 3 fully saturated rings. The molecule has 0 N–H and O–H groups in total. The van der Waals surface area contributed by atoms with E-state index in [9.17, 15) is 0 Å². The van der Waals surface area contributed by atoms with Crippen molar-refractivity contribution in [2.45, 2.75) is 129 Å². The van der Waals surface area contributed by atoms with Gasteiger partial charge in [0.2, 0.25) is 0 Å². The minimum absolute atomic E-state index is 0.478. The first-order chi connectivity index (χ1) is 15.2. The topological polar surface area (TPSA) is 0 Å². The lowest BCUT2D eigenvalue weighted by atomic mass is 9.60. The second-order valence-corrected chi connectivity index (χ2v) is 11.4. The molecular weight excluding hydrogens is 372 g/mol. The molecule has 0 heterocycles. The molecule has 0 nitrogen and oxygen atoms in total. The van der Waals surface area contributed by atoms with Crippen molar-refractivity contribution in [1.29, 1.82) is 0 Å². The van der Waals surface area contributed by atoms with Gasteiger partial charge < -0.3 is 0 Å². The summed E-state index contributed by atoms with van der Waals surface area (Å²) in [7, 11) is 0. The average Bonchev–Trinajstić information content (AvgIpc) is 2.82. The van der Waals surface area contributed by atoms with Crippen molar-refractivity contribution >= 4 is 0 Å². The number of hydrogen-bond donors (Lipinski definition) is 0. The van der Waals surface area contributed by atoms with E-state index < -0.39 is 0 Å². The van der Waals surface area contributed by atoms with Crippen LogP contribution in [0, 0.1) is 29.1 Å². The molecule has 0 saturated heterocycles. The third kappa shape index (κ3) is 7.10. The second-order valence-electron chi connectivity index (χ2n) is 11.4. The van der Waals surface area contributed by atoms with Gasteiger partial charge in [0, 0.05) is 0 Å². The molecule has 3 saturated carbocycles. The van der Waals surface area contributed by atoms with Crippen molar-refractivity contribution in [2.75, 3.05) is 0 Å². The number of rotatable bonds is 11. The van der Waals surface area contributed by atoms with Crippen LogP contribution in [0.4, 0.5) is 0 Å². The lowest BCUT2D eigenvalue weighted by Gasteiger charge is -2.45. The summed E-state index contributed by atoms with van der Waals surface area (Å²) in [6, 6.07) is 0. The lowest BCUT2D eigenvalue weighted by molar-refractivity contribution is 0.175. The molecule has 3 rings (SSSR count). The van der Waals surface area contributed by atoms with Crippen LogP contribution >= 0.6 is 0 Å². The summed E-state index contributed by atoms with van der Waals surface area (Å²) in [5.41, 5.74) is 2.15. The highest BCUT2D eigenvalue weighted by atomic mass is 14.4. The Hall–Kier alpha value is -0.780. The number of allylic oxidation sites excluding steroid dienone is 4. The summed E-state index contributed by atoms with van der Waals surface area (Å²) < 4.78 is 0. The minimum atomic E-state index is 0.478. The van der Waals surface area contributed by atoms with Crippen molar-refractivity contribution in [3.05, 3.63) is 37.0 Å². The van der Waals surface area contributed by atoms with Crippen LogP contribution in [0.2, 0.25) is 0 Å². The van der Waals surface area contributed by atoms with E-state index in [-0.39, 0.29) is 0 Å².